The first kappa shape index (κ1) is 15.7. The van der Waals surface area contributed by atoms with Gasteiger partial charge in [0.05, 0.1) is 12.2 Å². The molecule has 0 radical (unpaired) electrons. The Bertz CT molecular complexity index is 390. The van der Waals surface area contributed by atoms with Gasteiger partial charge in [0.15, 0.2) is 5.78 Å². The normalized spacial score (nSPS) is 12.2. The molecule has 0 bridgehead atoms. The second-order valence-corrected chi connectivity index (χ2v) is 4.74. The van der Waals surface area contributed by atoms with E-state index in [9.17, 15) is 4.79 Å². The van der Waals surface area contributed by atoms with Gasteiger partial charge < -0.3 is 10.5 Å². The van der Waals surface area contributed by atoms with Crippen LogP contribution < -0.4 is 10.5 Å². The number of carbonyl (C=O) groups is 1. The van der Waals surface area contributed by atoms with Gasteiger partial charge in [0, 0.05) is 6.42 Å². The zero-order valence-electron chi connectivity index (χ0n) is 12.0. The van der Waals surface area contributed by atoms with Gasteiger partial charge in [-0.1, -0.05) is 25.5 Å². The monoisotopic (exact) mass is 263 g/mol. The van der Waals surface area contributed by atoms with E-state index in [-0.39, 0.29) is 5.78 Å². The molecule has 1 atom stereocenters. The molecule has 0 aliphatic rings. The first-order valence-electron chi connectivity index (χ1n) is 7.18. The molecule has 1 rings (SSSR count). The summed E-state index contributed by atoms with van der Waals surface area (Å²) in [6.45, 7) is 5.35. The smallest absolute Gasteiger partial charge is 0.166 e. The lowest BCUT2D eigenvalue weighted by Crippen LogP contribution is -2.11. The highest BCUT2D eigenvalue weighted by atomic mass is 16.5. The highest BCUT2D eigenvalue weighted by Crippen LogP contribution is 2.22. The number of hydrogen-bond donors (Lipinski definition) is 1. The van der Waals surface area contributed by atoms with Crippen molar-refractivity contribution in [1.29, 1.82) is 0 Å². The number of benzene rings is 1. The number of carbonyl (C=O) groups excluding carboxylic acids is 1. The molecule has 3 heteroatoms. The molecule has 106 valence electrons. The maximum absolute atomic E-state index is 12.3. The minimum absolute atomic E-state index is 0.166. The topological polar surface area (TPSA) is 52.3 Å². The van der Waals surface area contributed by atoms with Crippen LogP contribution in [0.15, 0.2) is 24.3 Å². The van der Waals surface area contributed by atoms with Crippen LogP contribution in [-0.4, -0.2) is 18.9 Å². The van der Waals surface area contributed by atoms with Crippen LogP contribution in [0.4, 0.5) is 0 Å². The molecule has 0 aliphatic carbocycles. The van der Waals surface area contributed by atoms with E-state index in [0.29, 0.717) is 36.8 Å². The first-order valence-corrected chi connectivity index (χ1v) is 7.18. The quantitative estimate of drug-likeness (QED) is 0.694. The van der Waals surface area contributed by atoms with Gasteiger partial charge in [-0.15, -0.1) is 0 Å². The fourth-order valence-electron chi connectivity index (χ4n) is 2.24. The van der Waals surface area contributed by atoms with Crippen molar-refractivity contribution in [3.63, 3.8) is 0 Å². The molecule has 19 heavy (non-hydrogen) atoms. The van der Waals surface area contributed by atoms with Gasteiger partial charge in [-0.3, -0.25) is 4.79 Å². The van der Waals surface area contributed by atoms with Crippen molar-refractivity contribution in [1.82, 2.24) is 0 Å². The number of Topliss-reactive ketones (excluding diaryl/α,β-unsaturated/α-hetero) is 1. The third-order valence-corrected chi connectivity index (χ3v) is 3.42. The summed E-state index contributed by atoms with van der Waals surface area (Å²) < 4.78 is 5.50. The lowest BCUT2D eigenvalue weighted by atomic mass is 9.93. The first-order chi connectivity index (χ1) is 9.22. The fourth-order valence-corrected chi connectivity index (χ4v) is 2.24. The second-order valence-electron chi connectivity index (χ2n) is 4.74. The van der Waals surface area contributed by atoms with Crippen LogP contribution in [0.2, 0.25) is 0 Å². The Hall–Kier alpha value is -1.35. The molecule has 3 nitrogen and oxygen atoms in total. The SMILES string of the molecule is CCOc1ccccc1C(=O)CCC(CC)CCN. The van der Waals surface area contributed by atoms with Crippen LogP contribution >= 0.6 is 0 Å². The van der Waals surface area contributed by atoms with E-state index in [1.807, 2.05) is 31.2 Å². The summed E-state index contributed by atoms with van der Waals surface area (Å²) in [7, 11) is 0. The predicted octanol–water partition coefficient (Wildman–Crippen LogP) is 3.42. The summed E-state index contributed by atoms with van der Waals surface area (Å²) in [4.78, 5) is 12.3. The minimum atomic E-state index is 0.166. The van der Waals surface area contributed by atoms with Crippen LogP contribution in [0, 0.1) is 5.92 Å². The maximum atomic E-state index is 12.3. The number of hydrogen-bond acceptors (Lipinski definition) is 3. The molecule has 0 heterocycles. The highest BCUT2D eigenvalue weighted by molar-refractivity contribution is 5.98. The molecule has 2 N–H and O–H groups in total. The van der Waals surface area contributed by atoms with Crippen molar-refractivity contribution in [2.24, 2.45) is 11.7 Å². The number of rotatable bonds is 9. The van der Waals surface area contributed by atoms with E-state index in [2.05, 4.69) is 6.92 Å². The average molecular weight is 263 g/mol. The van der Waals surface area contributed by atoms with Crippen molar-refractivity contribution in [2.45, 2.75) is 39.5 Å². The summed E-state index contributed by atoms with van der Waals surface area (Å²) in [6.07, 6.45) is 3.56. The molecule has 1 aromatic rings. The van der Waals surface area contributed by atoms with E-state index in [0.717, 1.165) is 19.3 Å². The summed E-state index contributed by atoms with van der Waals surface area (Å²) in [6, 6.07) is 7.48. The van der Waals surface area contributed by atoms with E-state index < -0.39 is 0 Å². The molecule has 0 fully saturated rings. The Balaban J connectivity index is 2.62. The molecule has 0 saturated heterocycles. The molecule has 0 aromatic heterocycles. The lowest BCUT2D eigenvalue weighted by molar-refractivity contribution is 0.0969. The van der Waals surface area contributed by atoms with Crippen molar-refractivity contribution in [3.8, 4) is 5.75 Å². The van der Waals surface area contributed by atoms with Crippen molar-refractivity contribution < 1.29 is 9.53 Å². The Labute approximate surface area is 116 Å². The van der Waals surface area contributed by atoms with E-state index in [4.69, 9.17) is 10.5 Å². The van der Waals surface area contributed by atoms with Crippen LogP contribution in [0.25, 0.3) is 0 Å². The molecule has 1 aromatic carbocycles. The van der Waals surface area contributed by atoms with Gasteiger partial charge in [-0.25, -0.2) is 0 Å². The number of para-hydroxylation sites is 1. The second kappa shape index (κ2) is 8.70. The minimum Gasteiger partial charge on any atom is -0.493 e. The average Bonchev–Trinajstić information content (AvgIpc) is 2.44. The van der Waals surface area contributed by atoms with Crippen LogP contribution in [-0.2, 0) is 0 Å². The van der Waals surface area contributed by atoms with Gasteiger partial charge in [0.1, 0.15) is 5.75 Å². The molecule has 0 aliphatic heterocycles. The van der Waals surface area contributed by atoms with Crippen molar-refractivity contribution in [3.05, 3.63) is 29.8 Å². The van der Waals surface area contributed by atoms with Gasteiger partial charge in [0.25, 0.3) is 0 Å². The van der Waals surface area contributed by atoms with Crippen molar-refractivity contribution >= 4 is 5.78 Å². The fraction of sp³-hybridized carbons (Fsp3) is 0.562. The predicted molar refractivity (Wildman–Crippen MR) is 78.6 cm³/mol. The summed E-state index contributed by atoms with van der Waals surface area (Å²) in [5.41, 5.74) is 6.28. The molecule has 1 unspecified atom stereocenters. The lowest BCUT2D eigenvalue weighted by Gasteiger charge is -2.14. The number of nitrogens with two attached hydrogens (primary N) is 1. The van der Waals surface area contributed by atoms with Crippen LogP contribution in [0.5, 0.6) is 5.75 Å². The summed E-state index contributed by atoms with van der Waals surface area (Å²) in [5.74, 6) is 1.41. The van der Waals surface area contributed by atoms with Gasteiger partial charge in [0.2, 0.25) is 0 Å². The molecular formula is C16H25NO2. The van der Waals surface area contributed by atoms with Gasteiger partial charge >= 0.3 is 0 Å². The molecule has 0 saturated carbocycles. The van der Waals surface area contributed by atoms with E-state index in [1.54, 1.807) is 0 Å². The Morgan fingerprint density at radius 2 is 2.00 bits per heavy atom. The number of ether oxygens (including phenoxy) is 1. The highest BCUT2D eigenvalue weighted by Gasteiger charge is 2.14. The van der Waals surface area contributed by atoms with Crippen molar-refractivity contribution in [2.75, 3.05) is 13.2 Å². The van der Waals surface area contributed by atoms with E-state index in [1.165, 1.54) is 0 Å². The largest absolute Gasteiger partial charge is 0.493 e. The van der Waals surface area contributed by atoms with Gasteiger partial charge in [-0.2, -0.15) is 0 Å². The molecular weight excluding hydrogens is 238 g/mol. The van der Waals surface area contributed by atoms with Gasteiger partial charge in [-0.05, 0) is 44.4 Å². The standard InChI is InChI=1S/C16H25NO2/c1-3-13(11-12-17)9-10-15(18)14-7-5-6-8-16(14)19-4-2/h5-8,13H,3-4,9-12,17H2,1-2H3. The maximum Gasteiger partial charge on any atom is 0.166 e. The zero-order chi connectivity index (χ0) is 14.1. The summed E-state index contributed by atoms with van der Waals surface area (Å²) in [5, 5.41) is 0. The third-order valence-electron chi connectivity index (χ3n) is 3.42. The Morgan fingerprint density at radius 1 is 1.26 bits per heavy atom. The Kier molecular flexibility index (Phi) is 7.19. The van der Waals surface area contributed by atoms with Crippen LogP contribution in [0.3, 0.4) is 0 Å². The summed E-state index contributed by atoms with van der Waals surface area (Å²) >= 11 is 0. The Morgan fingerprint density at radius 3 is 2.63 bits per heavy atom. The molecule has 0 spiro atoms. The number of ketones is 1. The molecule has 0 amide bonds. The van der Waals surface area contributed by atoms with Crippen LogP contribution in [0.1, 0.15) is 49.9 Å². The van der Waals surface area contributed by atoms with E-state index >= 15 is 0 Å². The zero-order valence-corrected chi connectivity index (χ0v) is 12.0. The third kappa shape index (κ3) is 5.03.